The van der Waals surface area contributed by atoms with Crippen molar-refractivity contribution in [3.63, 3.8) is 0 Å². The highest BCUT2D eigenvalue weighted by molar-refractivity contribution is 5.66. The van der Waals surface area contributed by atoms with Crippen LogP contribution in [0.2, 0.25) is 0 Å². The van der Waals surface area contributed by atoms with Gasteiger partial charge in [-0.05, 0) is 18.8 Å². The van der Waals surface area contributed by atoms with E-state index in [1.165, 1.54) is 0 Å². The molecule has 1 aromatic heterocycles. The first-order valence-electron chi connectivity index (χ1n) is 5.61. The maximum absolute atomic E-state index is 10.5. The van der Waals surface area contributed by atoms with Gasteiger partial charge in [0.25, 0.3) is 0 Å². The fraction of sp³-hybridized carbons (Fsp3) is 0.636. The van der Waals surface area contributed by atoms with Crippen molar-refractivity contribution in [2.24, 2.45) is 13.0 Å². The lowest BCUT2D eigenvalue weighted by atomic mass is 10.0. The van der Waals surface area contributed by atoms with Crippen LogP contribution in [0, 0.1) is 5.92 Å². The van der Waals surface area contributed by atoms with Gasteiger partial charge in [-0.15, -0.1) is 0 Å². The molecule has 0 saturated carbocycles. The Morgan fingerprint density at radius 1 is 1.69 bits per heavy atom. The largest absolute Gasteiger partial charge is 0.481 e. The quantitative estimate of drug-likeness (QED) is 0.830. The van der Waals surface area contributed by atoms with Crippen LogP contribution in [0.4, 0.5) is 5.95 Å². The van der Waals surface area contributed by atoms with Gasteiger partial charge in [-0.2, -0.15) is 0 Å². The Hall–Kier alpha value is -1.52. The van der Waals surface area contributed by atoms with E-state index in [1.807, 2.05) is 17.8 Å². The molecular weight excluding hydrogens is 206 g/mol. The first-order chi connectivity index (χ1) is 7.66. The zero-order chi connectivity index (χ0) is 11.5. The van der Waals surface area contributed by atoms with E-state index in [1.54, 1.807) is 6.20 Å². The van der Waals surface area contributed by atoms with Crippen LogP contribution in [0.15, 0.2) is 12.4 Å². The topological polar surface area (TPSA) is 58.4 Å². The third-order valence-corrected chi connectivity index (χ3v) is 3.13. The maximum atomic E-state index is 10.5. The molecule has 1 atom stereocenters. The van der Waals surface area contributed by atoms with Crippen LogP contribution in [0.1, 0.15) is 19.3 Å². The van der Waals surface area contributed by atoms with Gasteiger partial charge in [-0.1, -0.05) is 0 Å². The standard InChI is InChI=1S/C11H17N3O2/c1-13-7-5-12-11(13)14-6-4-9(8-14)2-3-10(15)16/h5,7,9H,2-4,6,8H2,1H3,(H,15,16). The molecule has 16 heavy (non-hydrogen) atoms. The summed E-state index contributed by atoms with van der Waals surface area (Å²) in [7, 11) is 1.98. The summed E-state index contributed by atoms with van der Waals surface area (Å²) in [5.41, 5.74) is 0. The van der Waals surface area contributed by atoms with Gasteiger partial charge in [-0.25, -0.2) is 4.98 Å². The molecule has 0 spiro atoms. The SMILES string of the molecule is Cn1ccnc1N1CCC(CCC(=O)O)C1. The number of imidazole rings is 1. The number of carboxylic acid groups (broad SMARTS) is 1. The summed E-state index contributed by atoms with van der Waals surface area (Å²) in [6.45, 7) is 1.91. The summed E-state index contributed by atoms with van der Waals surface area (Å²) in [4.78, 5) is 17.0. The van der Waals surface area contributed by atoms with Crippen molar-refractivity contribution in [3.05, 3.63) is 12.4 Å². The number of nitrogens with zero attached hydrogens (tertiary/aromatic N) is 3. The minimum Gasteiger partial charge on any atom is -0.481 e. The van der Waals surface area contributed by atoms with Gasteiger partial charge in [-0.3, -0.25) is 4.79 Å². The van der Waals surface area contributed by atoms with Gasteiger partial charge in [0.15, 0.2) is 0 Å². The normalized spacial score (nSPS) is 20.3. The minimum absolute atomic E-state index is 0.277. The van der Waals surface area contributed by atoms with Crippen LogP contribution in [0.3, 0.4) is 0 Å². The first kappa shape index (κ1) is 11.0. The second kappa shape index (κ2) is 4.55. The Kier molecular flexibility index (Phi) is 3.12. The van der Waals surface area contributed by atoms with E-state index >= 15 is 0 Å². The van der Waals surface area contributed by atoms with E-state index in [9.17, 15) is 4.79 Å². The Bertz CT molecular complexity index is 375. The summed E-state index contributed by atoms with van der Waals surface area (Å²) < 4.78 is 2.00. The highest BCUT2D eigenvalue weighted by Gasteiger charge is 2.24. The summed E-state index contributed by atoms with van der Waals surface area (Å²) >= 11 is 0. The zero-order valence-corrected chi connectivity index (χ0v) is 9.46. The molecule has 0 radical (unpaired) electrons. The third kappa shape index (κ3) is 2.35. The van der Waals surface area contributed by atoms with Crippen molar-refractivity contribution in [1.29, 1.82) is 0 Å². The van der Waals surface area contributed by atoms with Gasteiger partial charge in [0.2, 0.25) is 5.95 Å². The first-order valence-corrected chi connectivity index (χ1v) is 5.61. The molecule has 5 heteroatoms. The lowest BCUT2D eigenvalue weighted by molar-refractivity contribution is -0.137. The molecule has 0 amide bonds. The van der Waals surface area contributed by atoms with Crippen LogP contribution in [0.5, 0.6) is 0 Å². The van der Waals surface area contributed by atoms with E-state index in [4.69, 9.17) is 5.11 Å². The molecule has 5 nitrogen and oxygen atoms in total. The lowest BCUT2D eigenvalue weighted by Gasteiger charge is -2.17. The maximum Gasteiger partial charge on any atom is 0.303 e. The van der Waals surface area contributed by atoms with Crippen molar-refractivity contribution in [3.8, 4) is 0 Å². The third-order valence-electron chi connectivity index (χ3n) is 3.13. The second-order valence-corrected chi connectivity index (χ2v) is 4.37. The number of rotatable bonds is 4. The van der Waals surface area contributed by atoms with E-state index in [0.717, 1.165) is 31.9 Å². The average Bonchev–Trinajstić information content (AvgIpc) is 2.83. The predicted molar refractivity (Wildman–Crippen MR) is 60.4 cm³/mol. The molecule has 1 unspecified atom stereocenters. The number of hydrogen-bond donors (Lipinski definition) is 1. The summed E-state index contributed by atoms with van der Waals surface area (Å²) in [5, 5.41) is 8.64. The summed E-state index contributed by atoms with van der Waals surface area (Å²) in [6, 6.07) is 0. The van der Waals surface area contributed by atoms with Gasteiger partial charge in [0.1, 0.15) is 0 Å². The smallest absolute Gasteiger partial charge is 0.303 e. The minimum atomic E-state index is -0.699. The Labute approximate surface area is 94.7 Å². The highest BCUT2D eigenvalue weighted by atomic mass is 16.4. The average molecular weight is 223 g/mol. The highest BCUT2D eigenvalue weighted by Crippen LogP contribution is 2.24. The Balaban J connectivity index is 1.88. The van der Waals surface area contributed by atoms with E-state index in [0.29, 0.717) is 5.92 Å². The second-order valence-electron chi connectivity index (χ2n) is 4.37. The molecular formula is C11H17N3O2. The molecule has 0 aliphatic carbocycles. The van der Waals surface area contributed by atoms with Crippen molar-refractivity contribution in [2.75, 3.05) is 18.0 Å². The van der Waals surface area contributed by atoms with Gasteiger partial charge >= 0.3 is 5.97 Å². The number of aliphatic carboxylic acids is 1. The number of carboxylic acids is 1. The Morgan fingerprint density at radius 2 is 2.50 bits per heavy atom. The number of aryl methyl sites for hydroxylation is 1. The van der Waals surface area contributed by atoms with Crippen molar-refractivity contribution >= 4 is 11.9 Å². The molecule has 2 heterocycles. The number of anilines is 1. The molecule has 0 aromatic carbocycles. The molecule has 0 bridgehead atoms. The molecule has 88 valence electrons. The van der Waals surface area contributed by atoms with Crippen LogP contribution in [-0.4, -0.2) is 33.7 Å². The van der Waals surface area contributed by atoms with Crippen LogP contribution >= 0.6 is 0 Å². The molecule has 1 aliphatic heterocycles. The van der Waals surface area contributed by atoms with Gasteiger partial charge < -0.3 is 14.6 Å². The van der Waals surface area contributed by atoms with E-state index < -0.39 is 5.97 Å². The molecule has 2 rings (SSSR count). The molecule has 1 aliphatic rings. The monoisotopic (exact) mass is 223 g/mol. The summed E-state index contributed by atoms with van der Waals surface area (Å²) in [5.74, 6) is 0.779. The number of aromatic nitrogens is 2. The number of hydrogen-bond acceptors (Lipinski definition) is 3. The molecule has 1 saturated heterocycles. The predicted octanol–water partition coefficient (Wildman–Crippen LogP) is 1.11. The van der Waals surface area contributed by atoms with Gasteiger partial charge in [0, 0.05) is 39.0 Å². The van der Waals surface area contributed by atoms with Crippen LogP contribution < -0.4 is 4.90 Å². The molecule has 1 aromatic rings. The van der Waals surface area contributed by atoms with Crippen LogP contribution in [-0.2, 0) is 11.8 Å². The number of carbonyl (C=O) groups is 1. The zero-order valence-electron chi connectivity index (χ0n) is 9.46. The fourth-order valence-electron chi connectivity index (χ4n) is 2.24. The summed E-state index contributed by atoms with van der Waals surface area (Å²) in [6.07, 6.45) is 5.84. The lowest BCUT2D eigenvalue weighted by Crippen LogP contribution is -2.22. The Morgan fingerprint density at radius 3 is 3.12 bits per heavy atom. The molecule has 1 fully saturated rings. The van der Waals surface area contributed by atoms with E-state index in [-0.39, 0.29) is 6.42 Å². The van der Waals surface area contributed by atoms with E-state index in [2.05, 4.69) is 9.88 Å². The van der Waals surface area contributed by atoms with Crippen molar-refractivity contribution in [1.82, 2.24) is 9.55 Å². The van der Waals surface area contributed by atoms with Crippen LogP contribution in [0.25, 0.3) is 0 Å². The van der Waals surface area contributed by atoms with Crippen molar-refractivity contribution in [2.45, 2.75) is 19.3 Å². The fourth-order valence-corrected chi connectivity index (χ4v) is 2.24. The molecule has 1 N–H and O–H groups in total. The van der Waals surface area contributed by atoms with Gasteiger partial charge in [0.05, 0.1) is 0 Å². The van der Waals surface area contributed by atoms with Crippen molar-refractivity contribution < 1.29 is 9.90 Å².